The second kappa shape index (κ2) is 3.56. The minimum absolute atomic E-state index is 0.0900. The number of phenolic OH excluding ortho intramolecular Hbond substituents is 1. The second-order valence-electron chi connectivity index (χ2n) is 2.78. The molecule has 3 nitrogen and oxygen atoms in total. The molecule has 0 radical (unpaired) electrons. The summed E-state index contributed by atoms with van der Waals surface area (Å²) in [6.45, 7) is 1.49. The van der Waals surface area contributed by atoms with Gasteiger partial charge in [-0.2, -0.15) is 0 Å². The topological polar surface area (TPSA) is 60.7 Å². The fraction of sp³-hybridized carbons (Fsp3) is 0.333. The first-order chi connectivity index (χ1) is 5.61. The molecule has 1 rings (SSSR count). The summed E-state index contributed by atoms with van der Waals surface area (Å²) in [6, 6.07) is 6.21. The Morgan fingerprint density at radius 3 is 2.42 bits per heavy atom. The summed E-state index contributed by atoms with van der Waals surface area (Å²) in [5.74, 6) is 0.0900. The molecule has 3 N–H and O–H groups in total. The van der Waals surface area contributed by atoms with Crippen LogP contribution in [-0.2, 0) is 0 Å². The van der Waals surface area contributed by atoms with Gasteiger partial charge in [0.05, 0.1) is 6.10 Å². The molecule has 0 saturated carbocycles. The number of aromatic hydroxyl groups is 1. The van der Waals surface area contributed by atoms with Gasteiger partial charge in [0.25, 0.3) is 0 Å². The lowest BCUT2D eigenvalue weighted by Gasteiger charge is -2.13. The molecule has 12 heavy (non-hydrogen) atoms. The fourth-order valence-corrected chi connectivity index (χ4v) is 0.987. The highest BCUT2D eigenvalue weighted by atomic mass is 16.3. The predicted molar refractivity (Wildman–Crippen MR) is 44.7 cm³/mol. The fourth-order valence-electron chi connectivity index (χ4n) is 0.987. The summed E-state index contributed by atoms with van der Waals surface area (Å²) >= 11 is 0. The lowest BCUT2D eigenvalue weighted by molar-refractivity contribution is 0.0304. The quantitative estimate of drug-likeness (QED) is 0.612. The monoisotopic (exact) mass is 168 g/mol. The van der Waals surface area contributed by atoms with Crippen molar-refractivity contribution in [2.75, 3.05) is 0 Å². The van der Waals surface area contributed by atoms with Crippen LogP contribution in [0.4, 0.5) is 0 Å². The molecule has 0 aliphatic carbocycles. The van der Waals surface area contributed by atoms with Crippen LogP contribution in [0.1, 0.15) is 18.6 Å². The molecule has 0 aromatic heterocycles. The van der Waals surface area contributed by atoms with Crippen molar-refractivity contribution >= 4 is 0 Å². The molecular formula is C9H12O3. The molecule has 1 aromatic carbocycles. The molecule has 1 aromatic rings. The summed E-state index contributed by atoms with van der Waals surface area (Å²) in [4.78, 5) is 0. The van der Waals surface area contributed by atoms with Crippen LogP contribution >= 0.6 is 0 Å². The minimum atomic E-state index is -0.933. The molecule has 0 bridgehead atoms. The van der Waals surface area contributed by atoms with Crippen LogP contribution in [0.2, 0.25) is 0 Å². The van der Waals surface area contributed by atoms with Gasteiger partial charge in [0.2, 0.25) is 0 Å². The van der Waals surface area contributed by atoms with E-state index in [0.717, 1.165) is 0 Å². The second-order valence-corrected chi connectivity index (χ2v) is 2.78. The third-order valence-corrected chi connectivity index (χ3v) is 1.67. The van der Waals surface area contributed by atoms with Gasteiger partial charge < -0.3 is 15.3 Å². The number of benzene rings is 1. The standard InChI is InChI=1S/C9H12O3/c1-6(10)9(12)7-3-2-4-8(11)5-7/h2-6,9-12H,1H3/t6-,9+/m0/s1. The number of aliphatic hydroxyl groups is 2. The van der Waals surface area contributed by atoms with Gasteiger partial charge in [0.15, 0.2) is 0 Å². The van der Waals surface area contributed by atoms with E-state index in [-0.39, 0.29) is 5.75 Å². The van der Waals surface area contributed by atoms with E-state index in [1.807, 2.05) is 0 Å². The van der Waals surface area contributed by atoms with E-state index in [1.54, 1.807) is 12.1 Å². The first-order valence-electron chi connectivity index (χ1n) is 3.76. The number of phenols is 1. The average Bonchev–Trinajstić information content (AvgIpc) is 2.03. The Bertz CT molecular complexity index is 258. The first kappa shape index (κ1) is 9.03. The van der Waals surface area contributed by atoms with Gasteiger partial charge in [-0.3, -0.25) is 0 Å². The molecule has 0 amide bonds. The highest BCUT2D eigenvalue weighted by Gasteiger charge is 2.13. The van der Waals surface area contributed by atoms with Gasteiger partial charge in [-0.25, -0.2) is 0 Å². The highest BCUT2D eigenvalue weighted by Crippen LogP contribution is 2.20. The van der Waals surface area contributed by atoms with E-state index in [1.165, 1.54) is 19.1 Å². The van der Waals surface area contributed by atoms with Crippen molar-refractivity contribution < 1.29 is 15.3 Å². The third kappa shape index (κ3) is 1.96. The zero-order valence-electron chi connectivity index (χ0n) is 6.81. The normalized spacial score (nSPS) is 15.6. The van der Waals surface area contributed by atoms with Gasteiger partial charge >= 0.3 is 0 Å². The largest absolute Gasteiger partial charge is 0.508 e. The van der Waals surface area contributed by atoms with Gasteiger partial charge in [-0.1, -0.05) is 12.1 Å². The SMILES string of the molecule is C[C@H](O)[C@@H](O)c1cccc(O)c1. The average molecular weight is 168 g/mol. The van der Waals surface area contributed by atoms with Crippen LogP contribution in [0, 0.1) is 0 Å². The molecule has 0 aliphatic rings. The van der Waals surface area contributed by atoms with Crippen LogP contribution < -0.4 is 0 Å². The van der Waals surface area contributed by atoms with Crippen LogP contribution in [0.3, 0.4) is 0 Å². The molecule has 0 saturated heterocycles. The number of hydrogen-bond donors (Lipinski definition) is 3. The predicted octanol–water partition coefficient (Wildman–Crippen LogP) is 0.806. The van der Waals surface area contributed by atoms with E-state index in [9.17, 15) is 5.11 Å². The van der Waals surface area contributed by atoms with Crippen LogP contribution in [-0.4, -0.2) is 21.4 Å². The maximum Gasteiger partial charge on any atom is 0.115 e. The Morgan fingerprint density at radius 1 is 1.25 bits per heavy atom. The Hall–Kier alpha value is -1.06. The van der Waals surface area contributed by atoms with E-state index >= 15 is 0 Å². The lowest BCUT2D eigenvalue weighted by atomic mass is 10.1. The molecule has 3 heteroatoms. The number of rotatable bonds is 2. The summed E-state index contributed by atoms with van der Waals surface area (Å²) in [5, 5.41) is 27.4. The molecule has 0 fully saturated rings. The molecule has 66 valence electrons. The molecule has 2 atom stereocenters. The van der Waals surface area contributed by atoms with Crippen LogP contribution in [0.25, 0.3) is 0 Å². The van der Waals surface area contributed by atoms with Crippen molar-refractivity contribution in [3.05, 3.63) is 29.8 Å². The van der Waals surface area contributed by atoms with Crippen molar-refractivity contribution in [3.8, 4) is 5.75 Å². The highest BCUT2D eigenvalue weighted by molar-refractivity contribution is 5.28. The maximum absolute atomic E-state index is 9.36. The molecule has 0 heterocycles. The van der Waals surface area contributed by atoms with Gasteiger partial charge in [-0.05, 0) is 24.6 Å². The molecular weight excluding hydrogens is 156 g/mol. The Morgan fingerprint density at radius 2 is 1.92 bits per heavy atom. The van der Waals surface area contributed by atoms with Crippen LogP contribution in [0.15, 0.2) is 24.3 Å². The molecule has 0 unspecified atom stereocenters. The van der Waals surface area contributed by atoms with Crippen molar-refractivity contribution in [2.45, 2.75) is 19.1 Å². The Kier molecular flexibility index (Phi) is 2.68. The van der Waals surface area contributed by atoms with Gasteiger partial charge in [0, 0.05) is 0 Å². The Balaban J connectivity index is 2.88. The Labute approximate surface area is 70.9 Å². The van der Waals surface area contributed by atoms with E-state index in [2.05, 4.69) is 0 Å². The third-order valence-electron chi connectivity index (χ3n) is 1.67. The van der Waals surface area contributed by atoms with Crippen molar-refractivity contribution in [3.63, 3.8) is 0 Å². The van der Waals surface area contributed by atoms with Gasteiger partial charge in [-0.15, -0.1) is 0 Å². The lowest BCUT2D eigenvalue weighted by Crippen LogP contribution is -2.13. The maximum atomic E-state index is 9.36. The number of aliphatic hydroxyl groups excluding tert-OH is 2. The van der Waals surface area contributed by atoms with Crippen molar-refractivity contribution in [1.29, 1.82) is 0 Å². The van der Waals surface area contributed by atoms with E-state index in [0.29, 0.717) is 5.56 Å². The van der Waals surface area contributed by atoms with E-state index in [4.69, 9.17) is 10.2 Å². The van der Waals surface area contributed by atoms with Gasteiger partial charge in [0.1, 0.15) is 11.9 Å². The molecule has 0 spiro atoms. The molecule has 0 aliphatic heterocycles. The number of hydrogen-bond acceptors (Lipinski definition) is 3. The van der Waals surface area contributed by atoms with Crippen LogP contribution in [0.5, 0.6) is 5.75 Å². The minimum Gasteiger partial charge on any atom is -0.508 e. The zero-order valence-corrected chi connectivity index (χ0v) is 6.81. The van der Waals surface area contributed by atoms with Crippen molar-refractivity contribution in [1.82, 2.24) is 0 Å². The first-order valence-corrected chi connectivity index (χ1v) is 3.76. The summed E-state index contributed by atoms with van der Waals surface area (Å²) in [7, 11) is 0. The summed E-state index contributed by atoms with van der Waals surface area (Å²) in [5.41, 5.74) is 0.519. The summed E-state index contributed by atoms with van der Waals surface area (Å²) < 4.78 is 0. The smallest absolute Gasteiger partial charge is 0.115 e. The van der Waals surface area contributed by atoms with Crippen molar-refractivity contribution in [2.24, 2.45) is 0 Å². The zero-order chi connectivity index (χ0) is 9.14. The van der Waals surface area contributed by atoms with E-state index < -0.39 is 12.2 Å². The summed E-state index contributed by atoms with van der Waals surface area (Å²) in [6.07, 6.45) is -1.76.